The van der Waals surface area contributed by atoms with Gasteiger partial charge in [-0.25, -0.2) is 0 Å². The molecule has 0 saturated heterocycles. The molecule has 7 nitrogen and oxygen atoms in total. The van der Waals surface area contributed by atoms with E-state index in [1.165, 1.54) is 11.8 Å². The van der Waals surface area contributed by atoms with Crippen molar-refractivity contribution in [3.8, 4) is 0 Å². The van der Waals surface area contributed by atoms with Crippen LogP contribution in [0.4, 0.5) is 0 Å². The quantitative estimate of drug-likeness (QED) is 0.215. The molecule has 0 aliphatic heterocycles. The summed E-state index contributed by atoms with van der Waals surface area (Å²) in [4.78, 5) is 14.1. The monoisotopic (exact) mass is 379 g/mol. The molecule has 24 heavy (non-hydrogen) atoms. The Hall–Kier alpha value is -0.760. The van der Waals surface area contributed by atoms with Crippen LogP contribution in [0.2, 0.25) is 0 Å². The van der Waals surface area contributed by atoms with Crippen molar-refractivity contribution in [1.82, 2.24) is 0 Å². The highest BCUT2D eigenvalue weighted by Crippen LogP contribution is 2.36. The zero-order chi connectivity index (χ0) is 18.6. The van der Waals surface area contributed by atoms with E-state index >= 15 is 0 Å². The molecule has 0 spiro atoms. The number of carbonyl (C=O) groups is 1. The third-order valence-electron chi connectivity index (χ3n) is 3.63. The molecule has 0 unspecified atom stereocenters. The van der Waals surface area contributed by atoms with Gasteiger partial charge in [0.15, 0.2) is 5.12 Å². The standard InChI is InChI=1S/C13H23N3O4S2.C2H6/c1-10(17)21-13-7-5-3-4-6-11(13)8-12(9-15-16-14)20-22(2,18)19;1-2/h11-13H,3-9H2,1-2H3;1-2H3/t11-,12-,13+;/m0./s1. The summed E-state index contributed by atoms with van der Waals surface area (Å²) < 4.78 is 27.8. The summed E-state index contributed by atoms with van der Waals surface area (Å²) in [5.41, 5.74) is 8.44. The zero-order valence-corrected chi connectivity index (χ0v) is 16.6. The lowest BCUT2D eigenvalue weighted by atomic mass is 9.93. The van der Waals surface area contributed by atoms with Crippen LogP contribution < -0.4 is 0 Å². The zero-order valence-electron chi connectivity index (χ0n) is 15.0. The van der Waals surface area contributed by atoms with Gasteiger partial charge in [-0.3, -0.25) is 8.98 Å². The third kappa shape index (κ3) is 10.9. The van der Waals surface area contributed by atoms with Crippen LogP contribution in [0.1, 0.15) is 59.3 Å². The molecule has 9 heteroatoms. The van der Waals surface area contributed by atoms with E-state index in [-0.39, 0.29) is 22.8 Å². The molecule has 0 bridgehead atoms. The van der Waals surface area contributed by atoms with Crippen molar-refractivity contribution in [1.29, 1.82) is 0 Å². The van der Waals surface area contributed by atoms with Gasteiger partial charge in [0.05, 0.1) is 18.9 Å². The van der Waals surface area contributed by atoms with Crippen LogP contribution in [0.15, 0.2) is 5.11 Å². The summed E-state index contributed by atoms with van der Waals surface area (Å²) in [5, 5.41) is 3.70. The van der Waals surface area contributed by atoms with Crippen molar-refractivity contribution < 1.29 is 17.4 Å². The van der Waals surface area contributed by atoms with Crippen LogP contribution in [0, 0.1) is 5.92 Å². The fourth-order valence-electron chi connectivity index (χ4n) is 2.85. The lowest BCUT2D eigenvalue weighted by Gasteiger charge is -2.27. The average Bonchev–Trinajstić information content (AvgIpc) is 2.70. The fourth-order valence-corrected chi connectivity index (χ4v) is 4.63. The number of carbonyl (C=O) groups excluding carboxylic acids is 1. The number of nitrogens with zero attached hydrogens (tertiary/aromatic N) is 3. The van der Waals surface area contributed by atoms with Crippen LogP contribution >= 0.6 is 11.8 Å². The number of rotatable bonds is 7. The first-order valence-corrected chi connectivity index (χ1v) is 11.1. The van der Waals surface area contributed by atoms with E-state index in [9.17, 15) is 13.2 Å². The second-order valence-corrected chi connectivity index (χ2v) is 8.63. The first-order chi connectivity index (χ1) is 11.3. The molecule has 1 aliphatic rings. The number of thioether (sulfide) groups is 1. The largest absolute Gasteiger partial charge is 0.288 e. The Kier molecular flexibility index (Phi) is 12.2. The highest BCUT2D eigenvalue weighted by Gasteiger charge is 2.29. The van der Waals surface area contributed by atoms with Gasteiger partial charge < -0.3 is 0 Å². The maximum atomic E-state index is 11.4. The predicted octanol–water partition coefficient (Wildman–Crippen LogP) is 4.29. The minimum absolute atomic E-state index is 0.0163. The Labute approximate surface area is 149 Å². The van der Waals surface area contributed by atoms with E-state index in [0.717, 1.165) is 38.4 Å². The van der Waals surface area contributed by atoms with Crippen molar-refractivity contribution >= 4 is 27.0 Å². The van der Waals surface area contributed by atoms with E-state index in [1.54, 1.807) is 6.92 Å². The minimum Gasteiger partial charge on any atom is -0.288 e. The first kappa shape index (κ1) is 23.2. The van der Waals surface area contributed by atoms with Gasteiger partial charge >= 0.3 is 0 Å². The summed E-state index contributed by atoms with van der Waals surface area (Å²) in [7, 11) is -3.61. The van der Waals surface area contributed by atoms with Gasteiger partial charge in [-0.05, 0) is 30.7 Å². The van der Waals surface area contributed by atoms with Gasteiger partial charge in [0.25, 0.3) is 10.1 Å². The van der Waals surface area contributed by atoms with E-state index in [2.05, 4.69) is 10.0 Å². The molecule has 0 aromatic rings. The Bertz CT molecular complexity index is 519. The maximum absolute atomic E-state index is 11.4. The van der Waals surface area contributed by atoms with Crippen LogP contribution in [0.25, 0.3) is 10.4 Å². The number of hydrogen-bond acceptors (Lipinski definition) is 6. The summed E-state index contributed by atoms with van der Waals surface area (Å²) in [6.45, 7) is 5.54. The van der Waals surface area contributed by atoms with Crippen LogP contribution in [0.5, 0.6) is 0 Å². The number of azide groups is 1. The summed E-state index contributed by atoms with van der Waals surface area (Å²) in [6, 6.07) is 0. The summed E-state index contributed by atoms with van der Waals surface area (Å²) in [5.74, 6) is 0.192. The molecule has 0 aromatic carbocycles. The van der Waals surface area contributed by atoms with Gasteiger partial charge in [0, 0.05) is 17.1 Å². The van der Waals surface area contributed by atoms with Crippen LogP contribution in [-0.2, 0) is 19.1 Å². The van der Waals surface area contributed by atoms with E-state index in [4.69, 9.17) is 9.71 Å². The molecule has 0 heterocycles. The first-order valence-electron chi connectivity index (χ1n) is 8.38. The fraction of sp³-hybridized carbons (Fsp3) is 0.933. The topological polar surface area (TPSA) is 109 Å². The molecule has 0 aromatic heterocycles. The lowest BCUT2D eigenvalue weighted by molar-refractivity contribution is -0.109. The third-order valence-corrected chi connectivity index (χ3v) is 5.51. The SMILES string of the molecule is CC.CC(=O)S[C@@H]1CCCCC[C@H]1C[C@@H](CN=[N+]=[N-])OS(C)(=O)=O. The Morgan fingerprint density at radius 1 is 1.33 bits per heavy atom. The molecule has 140 valence electrons. The van der Waals surface area contributed by atoms with Gasteiger partial charge in [-0.2, -0.15) is 8.42 Å². The average molecular weight is 380 g/mol. The number of hydrogen-bond donors (Lipinski definition) is 0. The van der Waals surface area contributed by atoms with E-state index in [1.807, 2.05) is 13.8 Å². The highest BCUT2D eigenvalue weighted by molar-refractivity contribution is 8.14. The van der Waals surface area contributed by atoms with E-state index in [0.29, 0.717) is 6.42 Å². The molecular weight excluding hydrogens is 350 g/mol. The van der Waals surface area contributed by atoms with Crippen molar-refractivity contribution in [3.63, 3.8) is 0 Å². The van der Waals surface area contributed by atoms with Crippen LogP contribution in [0.3, 0.4) is 0 Å². The molecule has 1 saturated carbocycles. The second-order valence-electron chi connectivity index (χ2n) is 5.62. The van der Waals surface area contributed by atoms with Crippen molar-refractivity contribution in [2.24, 2.45) is 11.0 Å². The highest BCUT2D eigenvalue weighted by atomic mass is 32.2. The molecular formula is C15H29N3O4S2. The minimum atomic E-state index is -3.61. The van der Waals surface area contributed by atoms with Gasteiger partial charge in [0.1, 0.15) is 0 Å². The van der Waals surface area contributed by atoms with Crippen molar-refractivity contribution in [2.75, 3.05) is 12.8 Å². The summed E-state index contributed by atoms with van der Waals surface area (Å²) >= 11 is 1.33. The maximum Gasteiger partial charge on any atom is 0.264 e. The molecule has 1 fully saturated rings. The smallest absolute Gasteiger partial charge is 0.264 e. The molecule has 0 amide bonds. The Morgan fingerprint density at radius 2 is 1.96 bits per heavy atom. The molecule has 3 atom stereocenters. The van der Waals surface area contributed by atoms with Gasteiger partial charge in [0.2, 0.25) is 0 Å². The van der Waals surface area contributed by atoms with Gasteiger partial charge in [-0.15, -0.1) is 0 Å². The summed E-state index contributed by atoms with van der Waals surface area (Å²) in [6.07, 6.45) is 5.96. The Morgan fingerprint density at radius 3 is 2.50 bits per heavy atom. The van der Waals surface area contributed by atoms with E-state index < -0.39 is 16.2 Å². The molecule has 1 aliphatic carbocycles. The van der Waals surface area contributed by atoms with Crippen molar-refractivity contribution in [3.05, 3.63) is 10.4 Å². The normalized spacial score (nSPS) is 22.3. The second kappa shape index (κ2) is 12.6. The van der Waals surface area contributed by atoms with Crippen LogP contribution in [-0.4, -0.2) is 37.7 Å². The van der Waals surface area contributed by atoms with Gasteiger partial charge in [-0.1, -0.05) is 50.0 Å². The molecule has 1 rings (SSSR count). The van der Waals surface area contributed by atoms with Crippen molar-refractivity contribution in [2.45, 2.75) is 70.7 Å². The molecule has 0 radical (unpaired) electrons. The molecule has 0 N–H and O–H groups in total. The predicted molar refractivity (Wildman–Crippen MR) is 98.3 cm³/mol. The lowest BCUT2D eigenvalue weighted by Crippen LogP contribution is -2.28. The Balaban J connectivity index is 0.00000254.